The van der Waals surface area contributed by atoms with Gasteiger partial charge in [-0.05, 0) is 25.1 Å². The van der Waals surface area contributed by atoms with E-state index >= 15 is 0 Å². The van der Waals surface area contributed by atoms with E-state index in [2.05, 4.69) is 20.3 Å². The lowest BCUT2D eigenvalue weighted by molar-refractivity contribution is 0.102. The van der Waals surface area contributed by atoms with Crippen LogP contribution in [0.1, 0.15) is 16.1 Å². The number of anilines is 1. The molecule has 1 aromatic carbocycles. The fourth-order valence-electron chi connectivity index (χ4n) is 2.05. The van der Waals surface area contributed by atoms with Crippen LogP contribution >= 0.6 is 11.6 Å². The second kappa shape index (κ2) is 5.46. The third-order valence-electron chi connectivity index (χ3n) is 2.94. The lowest BCUT2D eigenvalue weighted by atomic mass is 10.1. The second-order valence-electron chi connectivity index (χ2n) is 4.49. The minimum absolute atomic E-state index is 0.186. The molecule has 0 bridgehead atoms. The number of halogens is 1. The van der Waals surface area contributed by atoms with E-state index in [0.717, 1.165) is 10.9 Å². The number of aryl methyl sites for hydroxylation is 1. The van der Waals surface area contributed by atoms with Crippen molar-refractivity contribution in [2.24, 2.45) is 0 Å². The van der Waals surface area contributed by atoms with Gasteiger partial charge in [0, 0.05) is 17.3 Å². The number of amides is 1. The molecule has 0 fully saturated rings. The maximum Gasteiger partial charge on any atom is 0.258 e. The first kappa shape index (κ1) is 13.5. The minimum Gasteiger partial charge on any atom is -0.290 e. The van der Waals surface area contributed by atoms with Gasteiger partial charge < -0.3 is 0 Å². The number of pyridine rings is 1. The van der Waals surface area contributed by atoms with E-state index in [4.69, 9.17) is 11.6 Å². The Kier molecular flexibility index (Phi) is 3.50. The van der Waals surface area contributed by atoms with Crippen LogP contribution in [0.15, 0.2) is 42.6 Å². The van der Waals surface area contributed by atoms with Crippen LogP contribution in [0.5, 0.6) is 0 Å². The first-order valence-corrected chi connectivity index (χ1v) is 6.67. The molecule has 0 aliphatic rings. The van der Waals surface area contributed by atoms with Crippen LogP contribution < -0.4 is 5.32 Å². The molecule has 1 N–H and O–H groups in total. The summed E-state index contributed by atoms with van der Waals surface area (Å²) in [6, 6.07) is 10.7. The molecular weight excluding hydrogens is 288 g/mol. The number of hydrogen-bond donors (Lipinski definition) is 1. The van der Waals surface area contributed by atoms with Gasteiger partial charge in [-0.15, -0.1) is 0 Å². The monoisotopic (exact) mass is 298 g/mol. The number of hydrogen-bond acceptors (Lipinski definition) is 4. The lowest BCUT2D eigenvalue weighted by Crippen LogP contribution is -2.15. The fraction of sp³-hybridized carbons (Fsp3) is 0.0667. The minimum atomic E-state index is -0.296. The SMILES string of the molecule is Cc1cc(Cl)nc(NC(=O)c2ccnc3ccccc23)n1. The van der Waals surface area contributed by atoms with Gasteiger partial charge in [-0.2, -0.15) is 0 Å². The summed E-state index contributed by atoms with van der Waals surface area (Å²) in [4.78, 5) is 24.7. The molecule has 0 radical (unpaired) electrons. The Morgan fingerprint density at radius 3 is 2.81 bits per heavy atom. The highest BCUT2D eigenvalue weighted by molar-refractivity contribution is 6.29. The maximum absolute atomic E-state index is 12.4. The molecular formula is C15H11ClN4O. The molecule has 6 heteroatoms. The van der Waals surface area contributed by atoms with E-state index in [0.29, 0.717) is 11.3 Å². The summed E-state index contributed by atoms with van der Waals surface area (Å²) in [5.41, 5.74) is 1.96. The molecule has 3 aromatic rings. The van der Waals surface area contributed by atoms with E-state index in [1.807, 2.05) is 24.3 Å². The number of carbonyl (C=O) groups is 1. The first-order chi connectivity index (χ1) is 10.1. The van der Waals surface area contributed by atoms with Crippen molar-refractivity contribution < 1.29 is 4.79 Å². The summed E-state index contributed by atoms with van der Waals surface area (Å²) < 4.78 is 0. The largest absolute Gasteiger partial charge is 0.290 e. The predicted octanol–water partition coefficient (Wildman–Crippen LogP) is 3.24. The molecule has 0 saturated carbocycles. The van der Waals surface area contributed by atoms with Gasteiger partial charge in [0.1, 0.15) is 5.15 Å². The summed E-state index contributed by atoms with van der Waals surface area (Å²) >= 11 is 5.86. The van der Waals surface area contributed by atoms with Crippen LogP contribution in [0, 0.1) is 6.92 Å². The number of rotatable bonds is 2. The third kappa shape index (κ3) is 2.83. The summed E-state index contributed by atoms with van der Waals surface area (Å²) in [6.07, 6.45) is 1.60. The zero-order valence-corrected chi connectivity index (χ0v) is 11.9. The van der Waals surface area contributed by atoms with Gasteiger partial charge in [0.2, 0.25) is 5.95 Å². The van der Waals surface area contributed by atoms with Crippen molar-refractivity contribution in [2.75, 3.05) is 5.32 Å². The number of carbonyl (C=O) groups excluding carboxylic acids is 1. The Morgan fingerprint density at radius 2 is 2.00 bits per heavy atom. The maximum atomic E-state index is 12.4. The Bertz CT molecular complexity index is 809. The summed E-state index contributed by atoms with van der Waals surface area (Å²) in [5.74, 6) is -0.110. The highest BCUT2D eigenvalue weighted by Gasteiger charge is 2.12. The fourth-order valence-corrected chi connectivity index (χ4v) is 2.29. The summed E-state index contributed by atoms with van der Waals surface area (Å²) in [6.45, 7) is 1.78. The van der Waals surface area contributed by atoms with Crippen LogP contribution in [0.4, 0.5) is 5.95 Å². The Balaban J connectivity index is 1.97. The second-order valence-corrected chi connectivity index (χ2v) is 4.87. The van der Waals surface area contributed by atoms with Crippen molar-refractivity contribution in [3.05, 3.63) is 59.0 Å². The van der Waals surface area contributed by atoms with E-state index in [9.17, 15) is 4.79 Å². The Morgan fingerprint density at radius 1 is 1.19 bits per heavy atom. The number of benzene rings is 1. The molecule has 104 valence electrons. The summed E-state index contributed by atoms with van der Waals surface area (Å²) in [7, 11) is 0. The zero-order chi connectivity index (χ0) is 14.8. The van der Waals surface area contributed by atoms with Gasteiger partial charge in [-0.3, -0.25) is 15.1 Å². The summed E-state index contributed by atoms with van der Waals surface area (Å²) in [5, 5.41) is 3.72. The van der Waals surface area contributed by atoms with Crippen LogP contribution in [-0.4, -0.2) is 20.9 Å². The normalized spacial score (nSPS) is 10.6. The van der Waals surface area contributed by atoms with Crippen LogP contribution in [0.2, 0.25) is 5.15 Å². The van der Waals surface area contributed by atoms with Crippen LogP contribution in [0.25, 0.3) is 10.9 Å². The number of fused-ring (bicyclic) bond motifs is 1. The first-order valence-electron chi connectivity index (χ1n) is 6.30. The molecule has 0 aliphatic heterocycles. The molecule has 2 heterocycles. The van der Waals surface area contributed by atoms with Crippen LogP contribution in [-0.2, 0) is 0 Å². The molecule has 5 nitrogen and oxygen atoms in total. The lowest BCUT2D eigenvalue weighted by Gasteiger charge is -2.07. The van der Waals surface area contributed by atoms with Gasteiger partial charge in [0.25, 0.3) is 5.91 Å². The standard InChI is InChI=1S/C15H11ClN4O/c1-9-8-13(16)19-15(18-9)20-14(21)11-6-7-17-12-5-3-2-4-10(11)12/h2-8H,1H3,(H,18,19,20,21). The van der Waals surface area contributed by atoms with Crippen LogP contribution in [0.3, 0.4) is 0 Å². The quantitative estimate of drug-likeness (QED) is 0.738. The smallest absolute Gasteiger partial charge is 0.258 e. The van der Waals surface area contributed by atoms with Gasteiger partial charge >= 0.3 is 0 Å². The van der Waals surface area contributed by atoms with Gasteiger partial charge in [0.05, 0.1) is 11.1 Å². The molecule has 3 rings (SSSR count). The molecule has 0 spiro atoms. The predicted molar refractivity (Wildman–Crippen MR) is 81.5 cm³/mol. The Labute approximate surface area is 126 Å². The van der Waals surface area contributed by atoms with Crippen molar-refractivity contribution in [3.8, 4) is 0 Å². The average Bonchev–Trinajstić information content (AvgIpc) is 2.45. The number of para-hydroxylation sites is 1. The van der Waals surface area contributed by atoms with Gasteiger partial charge in [-0.25, -0.2) is 9.97 Å². The zero-order valence-electron chi connectivity index (χ0n) is 11.2. The van der Waals surface area contributed by atoms with E-state index in [1.165, 1.54) is 0 Å². The van der Waals surface area contributed by atoms with Crippen molar-refractivity contribution >= 4 is 34.4 Å². The molecule has 0 unspecified atom stereocenters. The van der Waals surface area contributed by atoms with E-state index in [1.54, 1.807) is 25.3 Å². The third-order valence-corrected chi connectivity index (χ3v) is 3.14. The number of aromatic nitrogens is 3. The molecule has 2 aromatic heterocycles. The number of nitrogens with one attached hydrogen (secondary N) is 1. The highest BCUT2D eigenvalue weighted by atomic mass is 35.5. The van der Waals surface area contributed by atoms with E-state index < -0.39 is 0 Å². The highest BCUT2D eigenvalue weighted by Crippen LogP contribution is 2.17. The molecule has 1 amide bonds. The molecule has 21 heavy (non-hydrogen) atoms. The van der Waals surface area contributed by atoms with Gasteiger partial charge in [-0.1, -0.05) is 29.8 Å². The van der Waals surface area contributed by atoms with Crippen molar-refractivity contribution in [1.82, 2.24) is 15.0 Å². The molecule has 0 atom stereocenters. The van der Waals surface area contributed by atoms with Crippen molar-refractivity contribution in [1.29, 1.82) is 0 Å². The molecule has 0 aliphatic carbocycles. The topological polar surface area (TPSA) is 67.8 Å². The van der Waals surface area contributed by atoms with E-state index in [-0.39, 0.29) is 17.0 Å². The average molecular weight is 299 g/mol. The molecule has 0 saturated heterocycles. The number of nitrogens with zero attached hydrogens (tertiary/aromatic N) is 3. The van der Waals surface area contributed by atoms with Crippen molar-refractivity contribution in [2.45, 2.75) is 6.92 Å². The Hall–Kier alpha value is -2.53. The van der Waals surface area contributed by atoms with Crippen molar-refractivity contribution in [3.63, 3.8) is 0 Å². The van der Waals surface area contributed by atoms with Gasteiger partial charge in [0.15, 0.2) is 0 Å².